The van der Waals surface area contributed by atoms with Crippen molar-refractivity contribution >= 4 is 5.91 Å². The van der Waals surface area contributed by atoms with Crippen molar-refractivity contribution in [2.24, 2.45) is 11.8 Å². The largest absolute Gasteiger partial charge is 0.293 e. The Hall–Kier alpha value is -0.610. The van der Waals surface area contributed by atoms with E-state index in [9.17, 15) is 4.79 Å². The zero-order valence-electron chi connectivity index (χ0n) is 9.12. The number of hydrogen-bond acceptors (Lipinski definition) is 3. The minimum atomic E-state index is -0.0541. The Balaban J connectivity index is 2.54. The zero-order chi connectivity index (χ0) is 10.6. The average Bonchev–Trinajstić information content (AvgIpc) is 2.19. The third-order valence-electron chi connectivity index (χ3n) is 2.96. The highest BCUT2D eigenvalue weighted by molar-refractivity contribution is 5.81. The second-order valence-electron chi connectivity index (χ2n) is 4.17. The van der Waals surface area contributed by atoms with Gasteiger partial charge in [-0.1, -0.05) is 13.8 Å². The maximum absolute atomic E-state index is 11.5. The molecule has 1 fully saturated rings. The zero-order valence-corrected chi connectivity index (χ0v) is 9.12. The standard InChI is InChI=1S/C10H21N3O/c1-3-9(10(14)12-11)13-6-4-5-8(2)7-13/h8-9H,3-7,11H2,1-2H3,(H,12,14)/t8-,9+/m1/s1. The highest BCUT2D eigenvalue weighted by atomic mass is 16.2. The topological polar surface area (TPSA) is 58.4 Å². The molecule has 0 bridgehead atoms. The molecule has 1 amide bonds. The molecular weight excluding hydrogens is 178 g/mol. The highest BCUT2D eigenvalue weighted by Crippen LogP contribution is 2.18. The van der Waals surface area contributed by atoms with Gasteiger partial charge in [0.25, 0.3) is 5.91 Å². The van der Waals surface area contributed by atoms with Gasteiger partial charge in [-0.05, 0) is 31.7 Å². The molecule has 0 aromatic carbocycles. The van der Waals surface area contributed by atoms with E-state index in [4.69, 9.17) is 5.84 Å². The first-order chi connectivity index (χ1) is 6.69. The molecule has 1 heterocycles. The predicted octanol–water partition coefficient (Wildman–Crippen LogP) is 0.487. The minimum absolute atomic E-state index is 0.0391. The van der Waals surface area contributed by atoms with Crippen molar-refractivity contribution in [2.75, 3.05) is 13.1 Å². The third kappa shape index (κ3) is 2.69. The van der Waals surface area contributed by atoms with Gasteiger partial charge in [-0.15, -0.1) is 0 Å². The molecule has 4 heteroatoms. The van der Waals surface area contributed by atoms with E-state index in [0.717, 1.165) is 19.5 Å². The Morgan fingerprint density at radius 3 is 2.93 bits per heavy atom. The van der Waals surface area contributed by atoms with Crippen LogP contribution in [0.15, 0.2) is 0 Å². The van der Waals surface area contributed by atoms with Crippen LogP contribution in [-0.4, -0.2) is 29.9 Å². The summed E-state index contributed by atoms with van der Waals surface area (Å²) in [5.74, 6) is 5.81. The number of hydrazine groups is 1. The molecule has 3 N–H and O–H groups in total. The molecule has 0 aromatic heterocycles. The number of carbonyl (C=O) groups excluding carboxylic acids is 1. The van der Waals surface area contributed by atoms with Crippen molar-refractivity contribution in [1.82, 2.24) is 10.3 Å². The summed E-state index contributed by atoms with van der Waals surface area (Å²) in [6, 6.07) is -0.0391. The molecule has 0 spiro atoms. The van der Waals surface area contributed by atoms with Gasteiger partial charge >= 0.3 is 0 Å². The first kappa shape index (κ1) is 11.5. The fraction of sp³-hybridized carbons (Fsp3) is 0.900. The van der Waals surface area contributed by atoms with E-state index >= 15 is 0 Å². The normalized spacial score (nSPS) is 25.8. The van der Waals surface area contributed by atoms with Crippen LogP contribution in [0.2, 0.25) is 0 Å². The lowest BCUT2D eigenvalue weighted by Crippen LogP contribution is -2.51. The Bertz CT molecular complexity index is 196. The van der Waals surface area contributed by atoms with Crippen molar-refractivity contribution in [1.29, 1.82) is 0 Å². The minimum Gasteiger partial charge on any atom is -0.293 e. The van der Waals surface area contributed by atoms with E-state index in [2.05, 4.69) is 17.2 Å². The average molecular weight is 199 g/mol. The molecule has 4 nitrogen and oxygen atoms in total. The molecule has 0 aliphatic carbocycles. The van der Waals surface area contributed by atoms with E-state index in [-0.39, 0.29) is 11.9 Å². The number of nitrogens with two attached hydrogens (primary N) is 1. The van der Waals surface area contributed by atoms with E-state index in [1.165, 1.54) is 12.8 Å². The lowest BCUT2D eigenvalue weighted by molar-refractivity contribution is -0.127. The molecule has 1 aliphatic rings. The van der Waals surface area contributed by atoms with Gasteiger partial charge in [0.05, 0.1) is 6.04 Å². The summed E-state index contributed by atoms with van der Waals surface area (Å²) in [5.41, 5.74) is 2.25. The number of rotatable bonds is 3. The summed E-state index contributed by atoms with van der Waals surface area (Å²) in [6.45, 7) is 6.31. The number of amides is 1. The first-order valence-corrected chi connectivity index (χ1v) is 5.43. The van der Waals surface area contributed by atoms with Gasteiger partial charge in [-0.3, -0.25) is 15.1 Å². The quantitative estimate of drug-likeness (QED) is 0.395. The lowest BCUT2D eigenvalue weighted by atomic mass is 9.98. The van der Waals surface area contributed by atoms with Crippen LogP contribution in [0.1, 0.15) is 33.1 Å². The molecule has 1 saturated heterocycles. The van der Waals surface area contributed by atoms with Crippen molar-refractivity contribution < 1.29 is 4.79 Å². The molecule has 1 aliphatic heterocycles. The fourth-order valence-corrected chi connectivity index (χ4v) is 2.21. The number of nitrogens with zero attached hydrogens (tertiary/aromatic N) is 1. The van der Waals surface area contributed by atoms with Crippen LogP contribution in [0.4, 0.5) is 0 Å². The Labute approximate surface area is 85.8 Å². The van der Waals surface area contributed by atoms with Gasteiger partial charge in [-0.2, -0.15) is 0 Å². The van der Waals surface area contributed by atoms with Crippen LogP contribution in [0.3, 0.4) is 0 Å². The number of likely N-dealkylation sites (tertiary alicyclic amines) is 1. The summed E-state index contributed by atoms with van der Waals surface area (Å²) >= 11 is 0. The number of carbonyl (C=O) groups is 1. The Morgan fingerprint density at radius 1 is 1.71 bits per heavy atom. The molecule has 0 radical (unpaired) electrons. The number of piperidine rings is 1. The third-order valence-corrected chi connectivity index (χ3v) is 2.96. The molecular formula is C10H21N3O. The fourth-order valence-electron chi connectivity index (χ4n) is 2.21. The smallest absolute Gasteiger partial charge is 0.251 e. The van der Waals surface area contributed by atoms with Crippen molar-refractivity contribution in [3.05, 3.63) is 0 Å². The van der Waals surface area contributed by atoms with Crippen LogP contribution in [-0.2, 0) is 4.79 Å². The SMILES string of the molecule is CC[C@@H](C(=O)NN)N1CCC[C@@H](C)C1. The molecule has 0 aromatic rings. The molecule has 82 valence electrons. The van der Waals surface area contributed by atoms with Crippen LogP contribution >= 0.6 is 0 Å². The number of hydrogen-bond donors (Lipinski definition) is 2. The van der Waals surface area contributed by atoms with Crippen molar-refractivity contribution in [2.45, 2.75) is 39.2 Å². The molecule has 14 heavy (non-hydrogen) atoms. The Kier molecular flexibility index (Phi) is 4.35. The van der Waals surface area contributed by atoms with Gasteiger partial charge in [0.1, 0.15) is 0 Å². The maximum atomic E-state index is 11.5. The van der Waals surface area contributed by atoms with Gasteiger partial charge < -0.3 is 0 Å². The van der Waals surface area contributed by atoms with Crippen LogP contribution in [0.5, 0.6) is 0 Å². The second-order valence-corrected chi connectivity index (χ2v) is 4.17. The summed E-state index contributed by atoms with van der Waals surface area (Å²) in [5, 5.41) is 0. The van der Waals surface area contributed by atoms with E-state index in [0.29, 0.717) is 5.92 Å². The summed E-state index contributed by atoms with van der Waals surface area (Å²) in [6.07, 6.45) is 3.29. The van der Waals surface area contributed by atoms with E-state index in [1.807, 2.05) is 6.92 Å². The first-order valence-electron chi connectivity index (χ1n) is 5.43. The highest BCUT2D eigenvalue weighted by Gasteiger charge is 2.27. The predicted molar refractivity (Wildman–Crippen MR) is 56.4 cm³/mol. The van der Waals surface area contributed by atoms with Crippen molar-refractivity contribution in [3.8, 4) is 0 Å². The number of nitrogens with one attached hydrogen (secondary N) is 1. The van der Waals surface area contributed by atoms with E-state index in [1.54, 1.807) is 0 Å². The van der Waals surface area contributed by atoms with Gasteiger partial charge in [0, 0.05) is 6.54 Å². The molecule has 1 rings (SSSR count). The summed E-state index contributed by atoms with van der Waals surface area (Å²) in [7, 11) is 0. The van der Waals surface area contributed by atoms with Crippen LogP contribution in [0, 0.1) is 5.92 Å². The van der Waals surface area contributed by atoms with Crippen LogP contribution in [0.25, 0.3) is 0 Å². The Morgan fingerprint density at radius 2 is 2.43 bits per heavy atom. The second kappa shape index (κ2) is 5.32. The van der Waals surface area contributed by atoms with E-state index < -0.39 is 0 Å². The molecule has 0 saturated carbocycles. The van der Waals surface area contributed by atoms with Crippen LogP contribution < -0.4 is 11.3 Å². The maximum Gasteiger partial charge on any atom is 0.251 e. The van der Waals surface area contributed by atoms with Gasteiger partial charge in [-0.25, -0.2) is 5.84 Å². The lowest BCUT2D eigenvalue weighted by Gasteiger charge is -2.35. The summed E-state index contributed by atoms with van der Waals surface area (Å²) < 4.78 is 0. The van der Waals surface area contributed by atoms with Gasteiger partial charge in [0.15, 0.2) is 0 Å². The van der Waals surface area contributed by atoms with Crippen molar-refractivity contribution in [3.63, 3.8) is 0 Å². The molecule has 2 atom stereocenters. The molecule has 0 unspecified atom stereocenters. The van der Waals surface area contributed by atoms with Gasteiger partial charge in [0.2, 0.25) is 0 Å². The monoisotopic (exact) mass is 199 g/mol. The summed E-state index contributed by atoms with van der Waals surface area (Å²) in [4.78, 5) is 13.7.